The predicted molar refractivity (Wildman–Crippen MR) is 85.3 cm³/mol. The first kappa shape index (κ1) is 16.0. The Kier molecular flexibility index (Phi) is 5.80. The monoisotopic (exact) mass is 289 g/mol. The van der Waals surface area contributed by atoms with Crippen molar-refractivity contribution in [3.8, 4) is 0 Å². The van der Waals surface area contributed by atoms with E-state index >= 15 is 0 Å². The fraction of sp³-hybridized carbons (Fsp3) is 0.611. The molecule has 0 atom stereocenters. The molecule has 0 unspecified atom stereocenters. The number of benzene rings is 1. The minimum Gasteiger partial charge on any atom is -0.481 e. The number of carboxylic acids is 1. The number of hydrogen-bond acceptors (Lipinski definition) is 2. The van der Waals surface area contributed by atoms with E-state index in [1.165, 1.54) is 11.1 Å². The van der Waals surface area contributed by atoms with Crippen molar-refractivity contribution in [2.75, 3.05) is 6.54 Å². The van der Waals surface area contributed by atoms with Crippen LogP contribution in [0.3, 0.4) is 0 Å². The molecule has 1 aromatic rings. The molecule has 0 spiro atoms. The standard InChI is InChI=1S/C18H27NO2/c1-13(2)16-7-3-14(4-8-16)11-19-12-15-5-9-17(10-6-15)18(20)21/h3-4,7-8,13,15,17,19H,5-6,9-12H2,1-2H3,(H,20,21). The molecule has 0 radical (unpaired) electrons. The molecule has 3 heteroatoms. The molecule has 1 saturated carbocycles. The zero-order chi connectivity index (χ0) is 15.2. The number of rotatable bonds is 6. The molecule has 1 aromatic carbocycles. The van der Waals surface area contributed by atoms with Crippen LogP contribution in [0.1, 0.15) is 56.6 Å². The van der Waals surface area contributed by atoms with Gasteiger partial charge in [0.1, 0.15) is 0 Å². The Bertz CT molecular complexity index is 445. The quantitative estimate of drug-likeness (QED) is 0.837. The van der Waals surface area contributed by atoms with Crippen LogP contribution in [0.15, 0.2) is 24.3 Å². The Hall–Kier alpha value is -1.35. The lowest BCUT2D eigenvalue weighted by molar-refractivity contribution is -0.143. The second-order valence-electron chi connectivity index (χ2n) is 6.58. The van der Waals surface area contributed by atoms with Gasteiger partial charge in [-0.25, -0.2) is 0 Å². The highest BCUT2D eigenvalue weighted by Crippen LogP contribution is 2.28. The lowest BCUT2D eigenvalue weighted by Gasteiger charge is -2.26. The Labute approximate surface area is 127 Å². The van der Waals surface area contributed by atoms with Crippen molar-refractivity contribution in [2.45, 2.75) is 52.0 Å². The zero-order valence-corrected chi connectivity index (χ0v) is 13.1. The number of nitrogens with one attached hydrogen (secondary N) is 1. The van der Waals surface area contributed by atoms with Crippen LogP contribution in [-0.2, 0) is 11.3 Å². The SMILES string of the molecule is CC(C)c1ccc(CNCC2CCC(C(=O)O)CC2)cc1. The van der Waals surface area contributed by atoms with E-state index in [-0.39, 0.29) is 5.92 Å². The Morgan fingerprint density at radius 2 is 1.81 bits per heavy atom. The minimum atomic E-state index is -0.619. The van der Waals surface area contributed by atoms with Gasteiger partial charge in [0.05, 0.1) is 5.92 Å². The van der Waals surface area contributed by atoms with Crippen LogP contribution in [0.25, 0.3) is 0 Å². The van der Waals surface area contributed by atoms with Gasteiger partial charge in [-0.1, -0.05) is 38.1 Å². The molecule has 0 bridgehead atoms. The Balaban J connectivity index is 1.69. The highest BCUT2D eigenvalue weighted by Gasteiger charge is 2.25. The van der Waals surface area contributed by atoms with Crippen molar-refractivity contribution in [3.05, 3.63) is 35.4 Å². The summed E-state index contributed by atoms with van der Waals surface area (Å²) in [6, 6.07) is 8.81. The van der Waals surface area contributed by atoms with Crippen molar-refractivity contribution < 1.29 is 9.90 Å². The first-order valence-corrected chi connectivity index (χ1v) is 8.08. The summed E-state index contributed by atoms with van der Waals surface area (Å²) in [6.45, 7) is 6.32. The second kappa shape index (κ2) is 7.60. The molecule has 0 heterocycles. The molecular formula is C18H27NO2. The van der Waals surface area contributed by atoms with Crippen molar-refractivity contribution in [2.24, 2.45) is 11.8 Å². The molecule has 0 amide bonds. The maximum absolute atomic E-state index is 10.9. The van der Waals surface area contributed by atoms with Crippen LogP contribution in [0.2, 0.25) is 0 Å². The van der Waals surface area contributed by atoms with E-state index in [1.807, 2.05) is 0 Å². The molecule has 0 saturated heterocycles. The number of carbonyl (C=O) groups is 1. The van der Waals surface area contributed by atoms with E-state index in [2.05, 4.69) is 43.4 Å². The summed E-state index contributed by atoms with van der Waals surface area (Å²) in [6.07, 6.45) is 3.75. The smallest absolute Gasteiger partial charge is 0.306 e. The maximum Gasteiger partial charge on any atom is 0.306 e. The van der Waals surface area contributed by atoms with E-state index in [4.69, 9.17) is 5.11 Å². The van der Waals surface area contributed by atoms with Crippen molar-refractivity contribution in [3.63, 3.8) is 0 Å². The van der Waals surface area contributed by atoms with Crippen LogP contribution >= 0.6 is 0 Å². The first-order chi connectivity index (χ1) is 10.1. The van der Waals surface area contributed by atoms with Crippen LogP contribution in [-0.4, -0.2) is 17.6 Å². The van der Waals surface area contributed by atoms with Gasteiger partial charge >= 0.3 is 5.97 Å². The highest BCUT2D eigenvalue weighted by molar-refractivity contribution is 5.69. The normalized spacial score (nSPS) is 22.4. The van der Waals surface area contributed by atoms with Gasteiger partial charge in [0.25, 0.3) is 0 Å². The predicted octanol–water partition coefficient (Wildman–Crippen LogP) is 3.79. The van der Waals surface area contributed by atoms with E-state index in [0.29, 0.717) is 11.8 Å². The van der Waals surface area contributed by atoms with E-state index in [9.17, 15) is 4.79 Å². The van der Waals surface area contributed by atoms with Crippen molar-refractivity contribution in [1.29, 1.82) is 0 Å². The molecule has 0 aliphatic heterocycles. The lowest BCUT2D eigenvalue weighted by atomic mass is 9.82. The van der Waals surface area contributed by atoms with Crippen LogP contribution in [0, 0.1) is 11.8 Å². The highest BCUT2D eigenvalue weighted by atomic mass is 16.4. The minimum absolute atomic E-state index is 0.107. The second-order valence-corrected chi connectivity index (χ2v) is 6.58. The Morgan fingerprint density at radius 1 is 1.19 bits per heavy atom. The summed E-state index contributed by atoms with van der Waals surface area (Å²) in [5, 5.41) is 12.5. The summed E-state index contributed by atoms with van der Waals surface area (Å²) in [5.74, 6) is 0.489. The molecular weight excluding hydrogens is 262 g/mol. The fourth-order valence-electron chi connectivity index (χ4n) is 3.05. The van der Waals surface area contributed by atoms with Gasteiger partial charge in [0, 0.05) is 6.54 Å². The summed E-state index contributed by atoms with van der Waals surface area (Å²) < 4.78 is 0. The third-order valence-electron chi connectivity index (χ3n) is 4.60. The van der Waals surface area contributed by atoms with Gasteiger partial charge in [0.2, 0.25) is 0 Å². The van der Waals surface area contributed by atoms with Gasteiger partial charge in [-0.3, -0.25) is 4.79 Å². The van der Waals surface area contributed by atoms with E-state index in [1.54, 1.807) is 0 Å². The van der Waals surface area contributed by atoms with Gasteiger partial charge in [-0.15, -0.1) is 0 Å². The van der Waals surface area contributed by atoms with Gasteiger partial charge in [0.15, 0.2) is 0 Å². The van der Waals surface area contributed by atoms with Crippen molar-refractivity contribution >= 4 is 5.97 Å². The third-order valence-corrected chi connectivity index (χ3v) is 4.60. The van der Waals surface area contributed by atoms with Gasteiger partial charge in [-0.05, 0) is 55.2 Å². The lowest BCUT2D eigenvalue weighted by Crippen LogP contribution is -2.28. The number of carboxylic acid groups (broad SMARTS) is 1. The summed E-state index contributed by atoms with van der Waals surface area (Å²) in [5.41, 5.74) is 2.70. The average Bonchev–Trinajstić information content (AvgIpc) is 2.48. The maximum atomic E-state index is 10.9. The first-order valence-electron chi connectivity index (χ1n) is 8.08. The molecule has 0 aromatic heterocycles. The summed E-state index contributed by atoms with van der Waals surface area (Å²) in [7, 11) is 0. The summed E-state index contributed by atoms with van der Waals surface area (Å²) >= 11 is 0. The van der Waals surface area contributed by atoms with Gasteiger partial charge < -0.3 is 10.4 Å². The fourth-order valence-corrected chi connectivity index (χ4v) is 3.05. The van der Waals surface area contributed by atoms with Crippen LogP contribution in [0.4, 0.5) is 0 Å². The van der Waals surface area contributed by atoms with Gasteiger partial charge in [-0.2, -0.15) is 0 Å². The average molecular weight is 289 g/mol. The molecule has 2 rings (SSSR count). The zero-order valence-electron chi connectivity index (χ0n) is 13.1. The molecule has 1 fully saturated rings. The summed E-state index contributed by atoms with van der Waals surface area (Å²) in [4.78, 5) is 10.9. The molecule has 3 nitrogen and oxygen atoms in total. The Morgan fingerprint density at radius 3 is 2.33 bits per heavy atom. The molecule has 2 N–H and O–H groups in total. The van der Waals surface area contributed by atoms with Crippen LogP contribution in [0.5, 0.6) is 0 Å². The molecule has 116 valence electrons. The largest absolute Gasteiger partial charge is 0.481 e. The topological polar surface area (TPSA) is 49.3 Å². The number of aliphatic carboxylic acids is 1. The van der Waals surface area contributed by atoms with Crippen LogP contribution < -0.4 is 5.32 Å². The van der Waals surface area contributed by atoms with E-state index < -0.39 is 5.97 Å². The molecule has 1 aliphatic rings. The molecule has 1 aliphatic carbocycles. The van der Waals surface area contributed by atoms with E-state index in [0.717, 1.165) is 38.8 Å². The molecule has 21 heavy (non-hydrogen) atoms. The third kappa shape index (κ3) is 4.85. The number of hydrogen-bond donors (Lipinski definition) is 2. The van der Waals surface area contributed by atoms with Crippen molar-refractivity contribution in [1.82, 2.24) is 5.32 Å².